The lowest BCUT2D eigenvalue weighted by Crippen LogP contribution is -2.40. The van der Waals surface area contributed by atoms with Crippen LogP contribution in [0, 0.1) is 0 Å². The van der Waals surface area contributed by atoms with Gasteiger partial charge in [-0.05, 0) is 31.9 Å². The molecule has 2 rings (SSSR count). The highest BCUT2D eigenvalue weighted by atomic mass is 16.5. The third-order valence-electron chi connectivity index (χ3n) is 3.74. The van der Waals surface area contributed by atoms with Gasteiger partial charge in [0.25, 0.3) is 0 Å². The molecule has 1 aliphatic carbocycles. The van der Waals surface area contributed by atoms with Crippen molar-refractivity contribution in [3.63, 3.8) is 0 Å². The van der Waals surface area contributed by atoms with E-state index in [1.165, 1.54) is 7.11 Å². The first-order valence-corrected chi connectivity index (χ1v) is 7.26. The summed E-state index contributed by atoms with van der Waals surface area (Å²) in [7, 11) is 3.18. The second-order valence-electron chi connectivity index (χ2n) is 5.28. The summed E-state index contributed by atoms with van der Waals surface area (Å²) in [6.07, 6.45) is 2.20. The third kappa shape index (κ3) is 3.54. The van der Waals surface area contributed by atoms with Crippen molar-refractivity contribution in [2.75, 3.05) is 32.1 Å². The number of carbonyl (C=O) groups excluding carboxylic acids is 2. The first kappa shape index (κ1) is 15.4. The Morgan fingerprint density at radius 3 is 2.52 bits per heavy atom. The third-order valence-corrected chi connectivity index (χ3v) is 3.74. The molecule has 5 nitrogen and oxygen atoms in total. The predicted octanol–water partition coefficient (Wildman–Crippen LogP) is 1.92. The number of benzene rings is 1. The van der Waals surface area contributed by atoms with Crippen LogP contribution in [0.2, 0.25) is 0 Å². The number of methoxy groups -OCH3 is 1. The van der Waals surface area contributed by atoms with Gasteiger partial charge in [-0.25, -0.2) is 4.79 Å². The molecule has 1 fully saturated rings. The minimum atomic E-state index is -0.389. The molecule has 1 aliphatic rings. The molecule has 114 valence electrons. The predicted molar refractivity (Wildman–Crippen MR) is 81.5 cm³/mol. The molecular formula is C16H22N2O3. The number of nitrogens with zero attached hydrogens (tertiary/aromatic N) is 2. The van der Waals surface area contributed by atoms with Crippen molar-refractivity contribution in [2.45, 2.75) is 25.8 Å². The monoisotopic (exact) mass is 290 g/mol. The fourth-order valence-electron chi connectivity index (χ4n) is 2.49. The molecular weight excluding hydrogens is 268 g/mol. The minimum absolute atomic E-state index is 0.0992. The van der Waals surface area contributed by atoms with Crippen LogP contribution in [0.3, 0.4) is 0 Å². The Balaban J connectivity index is 2.11. The summed E-state index contributed by atoms with van der Waals surface area (Å²) in [6.45, 7) is 2.99. The smallest absolute Gasteiger partial charge is 0.339 e. The number of likely N-dealkylation sites (N-methyl/N-ethyl adjacent to an activating group) is 2. The van der Waals surface area contributed by atoms with Gasteiger partial charge in [0.05, 0.1) is 24.9 Å². The summed E-state index contributed by atoms with van der Waals surface area (Å²) in [5.41, 5.74) is 1.19. The van der Waals surface area contributed by atoms with E-state index in [1.54, 1.807) is 17.0 Å². The minimum Gasteiger partial charge on any atom is -0.465 e. The fourth-order valence-corrected chi connectivity index (χ4v) is 2.49. The van der Waals surface area contributed by atoms with Gasteiger partial charge in [-0.2, -0.15) is 0 Å². The molecule has 0 spiro atoms. The van der Waals surface area contributed by atoms with Crippen LogP contribution in [-0.2, 0) is 9.53 Å². The Bertz CT molecular complexity index is 526. The summed E-state index contributed by atoms with van der Waals surface area (Å²) in [4.78, 5) is 27.9. The molecule has 0 unspecified atom stereocenters. The maximum absolute atomic E-state index is 12.4. The summed E-state index contributed by atoms with van der Waals surface area (Å²) < 4.78 is 4.79. The van der Waals surface area contributed by atoms with Crippen molar-refractivity contribution in [1.82, 2.24) is 4.90 Å². The summed E-state index contributed by atoms with van der Waals surface area (Å²) >= 11 is 0. The summed E-state index contributed by atoms with van der Waals surface area (Å²) in [6, 6.07) is 7.58. The Labute approximate surface area is 125 Å². The van der Waals surface area contributed by atoms with Crippen LogP contribution in [0.15, 0.2) is 24.3 Å². The molecule has 0 heterocycles. The Hall–Kier alpha value is -2.04. The van der Waals surface area contributed by atoms with Crippen LogP contribution in [0.25, 0.3) is 0 Å². The number of ether oxygens (including phenoxy) is 1. The van der Waals surface area contributed by atoms with Crippen molar-refractivity contribution in [1.29, 1.82) is 0 Å². The zero-order valence-corrected chi connectivity index (χ0v) is 12.8. The number of esters is 1. The molecule has 5 heteroatoms. The molecule has 0 aromatic heterocycles. The summed E-state index contributed by atoms with van der Waals surface area (Å²) in [5, 5.41) is 0. The molecule has 21 heavy (non-hydrogen) atoms. The van der Waals surface area contributed by atoms with Crippen LogP contribution >= 0.6 is 0 Å². The fraction of sp³-hybridized carbons (Fsp3) is 0.500. The van der Waals surface area contributed by atoms with Gasteiger partial charge >= 0.3 is 5.97 Å². The number of amides is 1. The first-order chi connectivity index (χ1) is 10.1. The lowest BCUT2D eigenvalue weighted by Gasteiger charge is -2.26. The Kier molecular flexibility index (Phi) is 4.83. The van der Waals surface area contributed by atoms with Gasteiger partial charge < -0.3 is 14.5 Å². The van der Waals surface area contributed by atoms with E-state index < -0.39 is 0 Å². The Morgan fingerprint density at radius 1 is 1.29 bits per heavy atom. The van der Waals surface area contributed by atoms with Crippen molar-refractivity contribution in [3.8, 4) is 0 Å². The molecule has 1 aromatic rings. The van der Waals surface area contributed by atoms with Gasteiger partial charge in [-0.3, -0.25) is 4.79 Å². The Morgan fingerprint density at radius 2 is 1.95 bits per heavy atom. The second kappa shape index (κ2) is 6.61. The second-order valence-corrected chi connectivity index (χ2v) is 5.28. The average molecular weight is 290 g/mol. The number of hydrogen-bond donors (Lipinski definition) is 0. The maximum Gasteiger partial charge on any atom is 0.339 e. The molecule has 0 atom stereocenters. The molecule has 0 N–H and O–H groups in total. The normalized spacial score (nSPS) is 13.7. The lowest BCUT2D eigenvalue weighted by atomic mass is 10.1. The van der Waals surface area contributed by atoms with E-state index in [4.69, 9.17) is 4.74 Å². The SMILES string of the molecule is CCN(C(=O)CN(C)c1ccccc1C(=O)OC)C1CC1. The van der Waals surface area contributed by atoms with Crippen LogP contribution in [-0.4, -0.2) is 50.1 Å². The van der Waals surface area contributed by atoms with Gasteiger partial charge in [-0.1, -0.05) is 12.1 Å². The van der Waals surface area contributed by atoms with Gasteiger partial charge in [0.1, 0.15) is 0 Å². The van der Waals surface area contributed by atoms with Crippen LogP contribution < -0.4 is 4.90 Å². The number of anilines is 1. The van der Waals surface area contributed by atoms with Gasteiger partial charge in [0.15, 0.2) is 0 Å². The molecule has 0 saturated heterocycles. The highest BCUT2D eigenvalue weighted by Crippen LogP contribution is 2.27. The van der Waals surface area contributed by atoms with Gasteiger partial charge in [-0.15, -0.1) is 0 Å². The van der Waals surface area contributed by atoms with Gasteiger partial charge in [0.2, 0.25) is 5.91 Å². The van der Waals surface area contributed by atoms with Crippen molar-refractivity contribution >= 4 is 17.6 Å². The molecule has 0 bridgehead atoms. The standard InChI is InChI=1S/C16H22N2O3/c1-4-18(12-9-10-12)15(19)11-17(2)14-8-6-5-7-13(14)16(20)21-3/h5-8,12H,4,9-11H2,1-3H3. The van der Waals surface area contributed by atoms with Crippen LogP contribution in [0.1, 0.15) is 30.1 Å². The number of hydrogen-bond acceptors (Lipinski definition) is 4. The number of carbonyl (C=O) groups is 2. The molecule has 1 aromatic carbocycles. The molecule has 0 aliphatic heterocycles. The maximum atomic E-state index is 12.4. The van der Waals surface area contributed by atoms with E-state index in [-0.39, 0.29) is 18.4 Å². The molecule has 1 saturated carbocycles. The van der Waals surface area contributed by atoms with Crippen LogP contribution in [0.4, 0.5) is 5.69 Å². The lowest BCUT2D eigenvalue weighted by molar-refractivity contribution is -0.130. The quantitative estimate of drug-likeness (QED) is 0.751. The zero-order chi connectivity index (χ0) is 15.4. The largest absolute Gasteiger partial charge is 0.465 e. The van der Waals surface area contributed by atoms with E-state index in [0.717, 1.165) is 19.4 Å². The summed E-state index contributed by atoms with van der Waals surface area (Å²) in [5.74, 6) is -0.290. The zero-order valence-electron chi connectivity index (χ0n) is 12.8. The number of para-hydroxylation sites is 1. The van der Waals surface area contributed by atoms with Gasteiger partial charge in [0, 0.05) is 19.6 Å². The average Bonchev–Trinajstić information content (AvgIpc) is 3.32. The van der Waals surface area contributed by atoms with E-state index in [0.29, 0.717) is 17.3 Å². The van der Waals surface area contributed by atoms with E-state index >= 15 is 0 Å². The van der Waals surface area contributed by atoms with Crippen molar-refractivity contribution in [2.24, 2.45) is 0 Å². The first-order valence-electron chi connectivity index (χ1n) is 7.26. The van der Waals surface area contributed by atoms with E-state index in [1.807, 2.05) is 31.0 Å². The van der Waals surface area contributed by atoms with E-state index in [9.17, 15) is 9.59 Å². The molecule has 0 radical (unpaired) electrons. The highest BCUT2D eigenvalue weighted by molar-refractivity contribution is 5.96. The van der Waals surface area contributed by atoms with Crippen molar-refractivity contribution < 1.29 is 14.3 Å². The topological polar surface area (TPSA) is 49.9 Å². The van der Waals surface area contributed by atoms with Crippen molar-refractivity contribution in [3.05, 3.63) is 29.8 Å². The number of rotatable bonds is 6. The molecule has 1 amide bonds. The van der Waals surface area contributed by atoms with Crippen LogP contribution in [0.5, 0.6) is 0 Å². The highest BCUT2D eigenvalue weighted by Gasteiger charge is 2.31. The van der Waals surface area contributed by atoms with E-state index in [2.05, 4.69) is 0 Å².